The summed E-state index contributed by atoms with van der Waals surface area (Å²) < 4.78 is 16.9. The van der Waals surface area contributed by atoms with Crippen molar-refractivity contribution >= 4 is 78.3 Å². The van der Waals surface area contributed by atoms with Gasteiger partial charge in [0.05, 0.1) is 39.1 Å². The molecule has 0 aromatic rings. The van der Waals surface area contributed by atoms with Gasteiger partial charge in [0.15, 0.2) is 0 Å². The van der Waals surface area contributed by atoms with Crippen molar-refractivity contribution in [3.8, 4) is 0 Å². The van der Waals surface area contributed by atoms with Crippen LogP contribution in [0.1, 0.15) is 158 Å². The minimum atomic E-state index is -0.116. The predicted molar refractivity (Wildman–Crippen MR) is 214 cm³/mol. The van der Waals surface area contributed by atoms with Crippen molar-refractivity contribution in [1.82, 2.24) is 0 Å². The van der Waals surface area contributed by atoms with Gasteiger partial charge in [-0.2, -0.15) is 37.9 Å². The summed E-state index contributed by atoms with van der Waals surface area (Å²) in [6.45, 7) is 17.0. The van der Waals surface area contributed by atoms with Gasteiger partial charge >= 0.3 is 64.6 Å². The fourth-order valence-electron chi connectivity index (χ4n) is 3.99. The van der Waals surface area contributed by atoms with Crippen LogP contribution >= 0.6 is 37.9 Å². The number of hydrogen-bond donors (Lipinski definition) is 3. The van der Waals surface area contributed by atoms with Crippen molar-refractivity contribution in [2.24, 2.45) is 17.8 Å². The Morgan fingerprint density at radius 1 is 0.489 bits per heavy atom. The van der Waals surface area contributed by atoms with Gasteiger partial charge in [0.1, 0.15) is 0 Å². The van der Waals surface area contributed by atoms with Gasteiger partial charge in [-0.1, -0.05) is 99.3 Å². The quantitative estimate of drug-likeness (QED) is 0.0349. The van der Waals surface area contributed by atoms with E-state index >= 15 is 0 Å². The molecule has 0 aliphatic rings. The summed E-state index contributed by atoms with van der Waals surface area (Å²) in [5.41, 5.74) is 0. The molecule has 3 radical (unpaired) electrons. The van der Waals surface area contributed by atoms with Gasteiger partial charge in [-0.05, 0) is 37.0 Å². The van der Waals surface area contributed by atoms with Crippen LogP contribution in [-0.4, -0.2) is 77.5 Å². The molecular weight excluding hydrogens is 755 g/mol. The van der Waals surface area contributed by atoms with Crippen LogP contribution in [-0.2, 0) is 28.6 Å². The molecule has 0 aromatic carbocycles. The Balaban J connectivity index is -0.000000275. The predicted octanol–water partition coefficient (Wildman–Crippen LogP) is 10.6. The van der Waals surface area contributed by atoms with Crippen molar-refractivity contribution in [1.29, 1.82) is 0 Å². The van der Waals surface area contributed by atoms with Crippen LogP contribution in [0.25, 0.3) is 0 Å². The zero-order valence-corrected chi connectivity index (χ0v) is 37.0. The molecule has 47 heavy (non-hydrogen) atoms. The molecule has 0 aliphatic heterocycles. The van der Waals surface area contributed by atoms with Crippen LogP contribution in [0.15, 0.2) is 0 Å². The molecule has 0 saturated heterocycles. The fraction of sp³-hybridized carbons (Fsp3) is 0.919. The van der Waals surface area contributed by atoms with E-state index in [2.05, 4.69) is 86.4 Å². The Morgan fingerprint density at radius 2 is 0.745 bits per heavy atom. The summed E-state index contributed by atoms with van der Waals surface area (Å²) in [6, 6.07) is 0. The van der Waals surface area contributed by atoms with E-state index in [-0.39, 0.29) is 17.9 Å². The van der Waals surface area contributed by atoms with Crippen molar-refractivity contribution < 1.29 is 28.6 Å². The third-order valence-electron chi connectivity index (χ3n) is 7.55. The van der Waals surface area contributed by atoms with E-state index < -0.39 is 0 Å². The van der Waals surface area contributed by atoms with E-state index in [0.717, 1.165) is 19.3 Å². The summed E-state index contributed by atoms with van der Waals surface area (Å²) in [4.78, 5) is 33.2. The number of hydrogen-bond acceptors (Lipinski definition) is 9. The molecule has 281 valence electrons. The number of thiol groups is 3. The number of carbonyl (C=O) groups excluding carboxylic acids is 3. The average Bonchev–Trinajstić information content (AvgIpc) is 3.06. The summed E-state index contributed by atoms with van der Waals surface area (Å²) >= 11 is 13.6. The Hall–Kier alpha value is 0.259. The first-order chi connectivity index (χ1) is 22.6. The zero-order valence-electron chi connectivity index (χ0n) is 31.5. The standard InChI is InChI=1S/3C11H22O2S.C4H9.Sn/c3*1-3-5-6-10(4-2)9-13-11(12)7-8-14;1-3-4-2;/h3*10,14H,3-9H2,1-2H3;1,3-4H2,2H3;. The molecule has 0 amide bonds. The number of carbonyl (C=O) groups is 3. The van der Waals surface area contributed by atoms with E-state index in [1.807, 2.05) is 0 Å². The van der Waals surface area contributed by atoms with Crippen LogP contribution in [0.4, 0.5) is 0 Å². The molecule has 0 heterocycles. The van der Waals surface area contributed by atoms with Crippen LogP contribution < -0.4 is 0 Å². The summed E-state index contributed by atoms with van der Waals surface area (Å²) in [6.07, 6.45) is 18.1. The number of ether oxygens (including phenoxy) is 3. The number of rotatable bonds is 26. The Kier molecular flexibility index (Phi) is 53.2. The van der Waals surface area contributed by atoms with Crippen LogP contribution in [0, 0.1) is 17.8 Å². The molecular formula is C37H75O6S3Sn. The van der Waals surface area contributed by atoms with E-state index in [1.165, 1.54) is 75.1 Å². The van der Waals surface area contributed by atoms with Crippen molar-refractivity contribution in [3.05, 3.63) is 0 Å². The van der Waals surface area contributed by atoms with Gasteiger partial charge in [-0.15, -0.1) is 0 Å². The fourth-order valence-corrected chi connectivity index (χ4v) is 5.55. The third-order valence-corrected chi connectivity index (χ3v) is 9.23. The van der Waals surface area contributed by atoms with E-state index in [9.17, 15) is 14.4 Å². The summed E-state index contributed by atoms with van der Waals surface area (Å²) in [5.74, 6) is 3.00. The Bertz CT molecular complexity index is 575. The first kappa shape index (κ1) is 54.0. The molecule has 3 unspecified atom stereocenters. The second kappa shape index (κ2) is 46.3. The third kappa shape index (κ3) is 46.3. The molecule has 3 atom stereocenters. The zero-order chi connectivity index (χ0) is 36.6. The molecule has 6 nitrogen and oxygen atoms in total. The number of unbranched alkanes of at least 4 members (excludes halogenated alkanes) is 4. The minimum absolute atomic E-state index is 0.116. The van der Waals surface area contributed by atoms with Crippen LogP contribution in [0.5, 0.6) is 0 Å². The van der Waals surface area contributed by atoms with Crippen molar-refractivity contribution in [2.45, 2.75) is 162 Å². The van der Waals surface area contributed by atoms with Crippen LogP contribution in [0.2, 0.25) is 4.44 Å². The van der Waals surface area contributed by atoms with Crippen molar-refractivity contribution in [2.75, 3.05) is 37.1 Å². The first-order valence-electron chi connectivity index (χ1n) is 18.6. The molecule has 0 aromatic heterocycles. The summed E-state index contributed by atoms with van der Waals surface area (Å²) in [7, 11) is 0. The van der Waals surface area contributed by atoms with Crippen LogP contribution in [0.3, 0.4) is 0 Å². The molecule has 0 fully saturated rings. The molecule has 0 N–H and O–H groups in total. The summed E-state index contributed by atoms with van der Waals surface area (Å²) in [5, 5.41) is 0. The van der Waals surface area contributed by atoms with Gasteiger partial charge < -0.3 is 14.2 Å². The van der Waals surface area contributed by atoms with E-state index in [4.69, 9.17) is 14.2 Å². The molecule has 0 aliphatic carbocycles. The number of esters is 3. The Labute approximate surface area is 321 Å². The van der Waals surface area contributed by atoms with E-state index in [0.29, 0.717) is 74.1 Å². The van der Waals surface area contributed by atoms with Crippen molar-refractivity contribution in [3.63, 3.8) is 0 Å². The molecule has 0 bridgehead atoms. The second-order valence-corrected chi connectivity index (χ2v) is 14.6. The monoisotopic (exact) mass is 831 g/mol. The first-order valence-corrected chi connectivity index (χ1v) is 22.5. The maximum atomic E-state index is 11.1. The van der Waals surface area contributed by atoms with Gasteiger partial charge in [-0.25, -0.2) is 0 Å². The Morgan fingerprint density at radius 3 is 0.894 bits per heavy atom. The SMILES string of the molecule is CCCCC(CC)COC(=O)CCS.CCCCC(CC)COC(=O)CCS.CCCCC(CC)COC(=O)CCS.CCC[CH2][Sn]. The molecule has 0 spiro atoms. The molecule has 10 heteroatoms. The van der Waals surface area contributed by atoms with Gasteiger partial charge in [0.2, 0.25) is 0 Å². The molecule has 0 saturated carbocycles. The molecule has 0 rings (SSSR count). The van der Waals surface area contributed by atoms with Gasteiger partial charge in [0.25, 0.3) is 0 Å². The van der Waals surface area contributed by atoms with Gasteiger partial charge in [0, 0.05) is 17.3 Å². The van der Waals surface area contributed by atoms with Gasteiger partial charge in [-0.3, -0.25) is 14.4 Å². The average molecular weight is 831 g/mol. The maximum absolute atomic E-state index is 11.1. The second-order valence-electron chi connectivity index (χ2n) is 11.8. The topological polar surface area (TPSA) is 78.9 Å². The van der Waals surface area contributed by atoms with E-state index in [1.54, 1.807) is 22.5 Å². The normalized spacial score (nSPS) is 12.1.